The number of nitrogen functional groups attached to an aromatic ring is 1. The molecule has 3 rings (SSSR count). The number of amides is 1. The summed E-state index contributed by atoms with van der Waals surface area (Å²) in [5.74, 6) is -0.144. The van der Waals surface area contributed by atoms with Gasteiger partial charge in [-0.25, -0.2) is 9.97 Å². The van der Waals surface area contributed by atoms with Crippen molar-refractivity contribution in [3.63, 3.8) is 0 Å². The van der Waals surface area contributed by atoms with Crippen LogP contribution in [0.4, 0.5) is 5.82 Å². The maximum atomic E-state index is 12.7. The number of benzene rings is 1. The summed E-state index contributed by atoms with van der Waals surface area (Å²) in [6.07, 6.45) is 3.43. The maximum Gasteiger partial charge on any atom is 0.262 e. The third-order valence-electron chi connectivity index (χ3n) is 5.28. The van der Waals surface area contributed by atoms with Gasteiger partial charge in [-0.05, 0) is 39.1 Å². The van der Waals surface area contributed by atoms with E-state index in [9.17, 15) is 15.2 Å². The van der Waals surface area contributed by atoms with Gasteiger partial charge in [0.05, 0.1) is 11.1 Å². The second-order valence-corrected chi connectivity index (χ2v) is 8.04. The molecule has 0 spiro atoms. The lowest BCUT2D eigenvalue weighted by atomic mass is 10.0. The van der Waals surface area contributed by atoms with Gasteiger partial charge >= 0.3 is 0 Å². The van der Waals surface area contributed by atoms with Gasteiger partial charge in [0, 0.05) is 31.8 Å². The number of aliphatic hydroxyl groups is 1. The van der Waals surface area contributed by atoms with Crippen molar-refractivity contribution in [2.24, 2.45) is 0 Å². The van der Waals surface area contributed by atoms with E-state index in [1.165, 1.54) is 6.33 Å². The molecule has 0 atom stereocenters. The molecule has 0 unspecified atom stereocenters. The molecule has 0 radical (unpaired) electrons. The third kappa shape index (κ3) is 5.37. The number of carbonyl (C=O) groups is 1. The van der Waals surface area contributed by atoms with Gasteiger partial charge in [-0.2, -0.15) is 5.26 Å². The molecule has 9 nitrogen and oxygen atoms in total. The lowest BCUT2D eigenvalue weighted by Crippen LogP contribution is -2.32. The van der Waals surface area contributed by atoms with Gasteiger partial charge in [0.2, 0.25) is 0 Å². The summed E-state index contributed by atoms with van der Waals surface area (Å²) in [6.45, 7) is 3.49. The van der Waals surface area contributed by atoms with Crippen molar-refractivity contribution in [1.29, 1.82) is 5.26 Å². The fraction of sp³-hybridized carbons (Fsp3) is 0.333. The number of nitrogens with two attached hydrogens (primary N) is 1. The average Bonchev–Trinajstić information content (AvgIpc) is 3.10. The van der Waals surface area contributed by atoms with Crippen molar-refractivity contribution in [1.82, 2.24) is 24.8 Å². The number of nitrogens with zero attached hydrogens (tertiary/aromatic N) is 5. The van der Waals surface area contributed by atoms with Gasteiger partial charge in [0.25, 0.3) is 5.91 Å². The number of carbonyl (C=O) groups excluding carboxylic acids is 1. The molecule has 4 N–H and O–H groups in total. The van der Waals surface area contributed by atoms with E-state index in [1.54, 1.807) is 6.08 Å². The molecule has 172 valence electrons. The SMILES string of the molecule is Cc1ccc(-c2c(/C=C(\C#N)C(=O)NCCN(C)C)n(CCCO)c3ncnc(N)c23)cc1. The highest BCUT2D eigenvalue weighted by molar-refractivity contribution is 6.08. The van der Waals surface area contributed by atoms with E-state index in [2.05, 4.69) is 15.3 Å². The maximum absolute atomic E-state index is 12.7. The molecular weight excluding hydrogens is 418 g/mol. The minimum atomic E-state index is -0.452. The molecular formula is C24H29N7O2. The fourth-order valence-corrected chi connectivity index (χ4v) is 3.60. The van der Waals surface area contributed by atoms with Gasteiger partial charge in [-0.1, -0.05) is 29.8 Å². The Morgan fingerprint density at radius 3 is 2.67 bits per heavy atom. The van der Waals surface area contributed by atoms with E-state index >= 15 is 0 Å². The summed E-state index contributed by atoms with van der Waals surface area (Å²) in [5, 5.41) is 22.7. The number of fused-ring (bicyclic) bond motifs is 1. The molecule has 0 saturated carbocycles. The largest absolute Gasteiger partial charge is 0.396 e. The number of aryl methyl sites for hydroxylation is 2. The van der Waals surface area contributed by atoms with Crippen LogP contribution in [-0.4, -0.2) is 64.2 Å². The summed E-state index contributed by atoms with van der Waals surface area (Å²) in [6, 6.07) is 9.93. The molecule has 0 fully saturated rings. The van der Waals surface area contributed by atoms with Crippen LogP contribution in [0.3, 0.4) is 0 Å². The molecule has 2 heterocycles. The molecule has 0 bridgehead atoms. The zero-order chi connectivity index (χ0) is 24.0. The minimum Gasteiger partial charge on any atom is -0.396 e. The highest BCUT2D eigenvalue weighted by Crippen LogP contribution is 2.38. The molecule has 3 aromatic rings. The first-order chi connectivity index (χ1) is 15.9. The van der Waals surface area contributed by atoms with E-state index in [0.29, 0.717) is 48.6 Å². The smallest absolute Gasteiger partial charge is 0.262 e. The first-order valence-electron chi connectivity index (χ1n) is 10.7. The Balaban J connectivity index is 2.23. The predicted molar refractivity (Wildman–Crippen MR) is 129 cm³/mol. The molecule has 9 heteroatoms. The molecule has 1 amide bonds. The lowest BCUT2D eigenvalue weighted by Gasteiger charge is -2.11. The third-order valence-corrected chi connectivity index (χ3v) is 5.28. The van der Waals surface area contributed by atoms with Crippen molar-refractivity contribution in [3.05, 3.63) is 47.4 Å². The van der Waals surface area contributed by atoms with Crippen LogP contribution in [0.1, 0.15) is 17.7 Å². The molecule has 0 aliphatic heterocycles. The average molecular weight is 448 g/mol. The van der Waals surface area contributed by atoms with Gasteiger partial charge in [-0.3, -0.25) is 4.79 Å². The van der Waals surface area contributed by atoms with Gasteiger partial charge < -0.3 is 25.6 Å². The number of aromatic nitrogens is 3. The van der Waals surface area contributed by atoms with Crippen molar-refractivity contribution in [2.75, 3.05) is 39.5 Å². The first kappa shape index (κ1) is 23.9. The highest BCUT2D eigenvalue weighted by Gasteiger charge is 2.22. The van der Waals surface area contributed by atoms with E-state index in [0.717, 1.165) is 16.7 Å². The first-order valence-corrected chi connectivity index (χ1v) is 10.7. The monoisotopic (exact) mass is 447 g/mol. The Labute approximate surface area is 193 Å². The second-order valence-electron chi connectivity index (χ2n) is 8.04. The van der Waals surface area contributed by atoms with Crippen LogP contribution in [0, 0.1) is 18.3 Å². The Kier molecular flexibility index (Phi) is 7.77. The summed E-state index contributed by atoms with van der Waals surface area (Å²) in [7, 11) is 3.82. The lowest BCUT2D eigenvalue weighted by molar-refractivity contribution is -0.117. The second kappa shape index (κ2) is 10.7. The fourth-order valence-electron chi connectivity index (χ4n) is 3.60. The van der Waals surface area contributed by atoms with E-state index in [4.69, 9.17) is 5.73 Å². The Morgan fingerprint density at radius 2 is 2.03 bits per heavy atom. The standard InChI is InChI=1S/C24H29N7O2/c1-16-5-7-17(8-6-16)20-19(13-18(14-25)24(33)27-9-11-30(2)3)31(10-4-12-32)23-21(20)22(26)28-15-29-23/h5-8,13,15,32H,4,9-12H2,1-3H3,(H,27,33)(H2,26,28,29)/b18-13+. The zero-order valence-corrected chi connectivity index (χ0v) is 19.2. The molecule has 0 aliphatic carbocycles. The summed E-state index contributed by atoms with van der Waals surface area (Å²) in [4.78, 5) is 23.3. The molecule has 1 aromatic carbocycles. The highest BCUT2D eigenvalue weighted by atomic mass is 16.3. The van der Waals surface area contributed by atoms with Crippen LogP contribution in [0.25, 0.3) is 28.2 Å². The number of likely N-dealkylation sites (N-methyl/N-ethyl adjacent to an activating group) is 1. The topological polar surface area (TPSA) is 133 Å². The number of hydrogen-bond donors (Lipinski definition) is 3. The van der Waals surface area contributed by atoms with Gasteiger partial charge in [0.1, 0.15) is 29.4 Å². The number of nitriles is 1. The van der Waals surface area contributed by atoms with Gasteiger partial charge in [-0.15, -0.1) is 0 Å². The van der Waals surface area contributed by atoms with Crippen LogP contribution in [0.2, 0.25) is 0 Å². The molecule has 33 heavy (non-hydrogen) atoms. The number of rotatable bonds is 9. The number of nitrogens with one attached hydrogen (secondary N) is 1. The van der Waals surface area contributed by atoms with E-state index in [1.807, 2.05) is 60.8 Å². The van der Waals surface area contributed by atoms with Gasteiger partial charge in [0.15, 0.2) is 0 Å². The summed E-state index contributed by atoms with van der Waals surface area (Å²) >= 11 is 0. The van der Waals surface area contributed by atoms with Crippen molar-refractivity contribution in [3.8, 4) is 17.2 Å². The number of anilines is 1. The number of hydrogen-bond acceptors (Lipinski definition) is 7. The molecule has 0 aliphatic rings. The van der Waals surface area contributed by atoms with Crippen LogP contribution in [0.15, 0.2) is 36.2 Å². The van der Waals surface area contributed by atoms with Crippen molar-refractivity contribution in [2.45, 2.75) is 19.9 Å². The Hall–Kier alpha value is -3.74. The van der Waals surface area contributed by atoms with Crippen LogP contribution in [-0.2, 0) is 11.3 Å². The summed E-state index contributed by atoms with van der Waals surface area (Å²) < 4.78 is 1.88. The van der Waals surface area contributed by atoms with Crippen molar-refractivity contribution >= 4 is 28.8 Å². The van der Waals surface area contributed by atoms with E-state index in [-0.39, 0.29) is 12.2 Å². The van der Waals surface area contributed by atoms with Crippen molar-refractivity contribution < 1.29 is 9.90 Å². The summed E-state index contributed by atoms with van der Waals surface area (Å²) in [5.41, 5.74) is 10.2. The minimum absolute atomic E-state index is 0.0145. The quantitative estimate of drug-likeness (QED) is 0.337. The predicted octanol–water partition coefficient (Wildman–Crippen LogP) is 1.96. The molecule has 0 saturated heterocycles. The Bertz CT molecular complexity index is 1200. The van der Waals surface area contributed by atoms with E-state index < -0.39 is 5.91 Å². The van der Waals surface area contributed by atoms with Crippen LogP contribution in [0.5, 0.6) is 0 Å². The van der Waals surface area contributed by atoms with Crippen LogP contribution < -0.4 is 11.1 Å². The Morgan fingerprint density at radius 1 is 1.30 bits per heavy atom. The normalized spacial score (nSPS) is 11.7. The molecule has 2 aromatic heterocycles. The zero-order valence-electron chi connectivity index (χ0n) is 19.2. The number of aliphatic hydroxyl groups excluding tert-OH is 1. The van der Waals surface area contributed by atoms with Crippen LogP contribution >= 0.6 is 0 Å².